The average molecular weight is 544 g/mol. The van der Waals surface area contributed by atoms with Crippen LogP contribution < -0.4 is 9.47 Å². The second kappa shape index (κ2) is 11.9. The highest BCUT2D eigenvalue weighted by Gasteiger charge is 2.34. The molecule has 1 saturated carbocycles. The van der Waals surface area contributed by atoms with Gasteiger partial charge >= 0.3 is 0 Å². The van der Waals surface area contributed by atoms with Crippen molar-refractivity contribution in [2.75, 3.05) is 39.5 Å². The lowest BCUT2D eigenvalue weighted by molar-refractivity contribution is 0.0322. The number of carbonyl (C=O) groups is 1. The van der Waals surface area contributed by atoms with E-state index in [2.05, 4.69) is 4.90 Å². The summed E-state index contributed by atoms with van der Waals surface area (Å²) in [5.74, 6) is 1.32. The second-order valence-electron chi connectivity index (χ2n) is 10.2. The number of allylic oxidation sites excluding steroid dienone is 1. The fraction of sp³-hybridized carbons (Fsp3) is 0.344. The number of nitrogens with zero attached hydrogens (tertiary/aromatic N) is 1. The Bertz CT molecular complexity index is 1370. The van der Waals surface area contributed by atoms with Crippen LogP contribution in [0.2, 0.25) is 0 Å². The van der Waals surface area contributed by atoms with E-state index in [1.807, 2.05) is 60.7 Å². The quantitative estimate of drug-likeness (QED) is 0.333. The second-order valence-corrected chi connectivity index (χ2v) is 11.6. The van der Waals surface area contributed by atoms with Gasteiger partial charge in [-0.2, -0.15) is 0 Å². The zero-order valence-corrected chi connectivity index (χ0v) is 22.8. The Morgan fingerprint density at radius 1 is 0.897 bits per heavy atom. The van der Waals surface area contributed by atoms with Gasteiger partial charge in [0.05, 0.1) is 35.0 Å². The molecule has 1 aliphatic carbocycles. The molecule has 39 heavy (non-hydrogen) atoms. The summed E-state index contributed by atoms with van der Waals surface area (Å²) >= 11 is 0. The predicted octanol–water partition coefficient (Wildman–Crippen LogP) is 5.48. The van der Waals surface area contributed by atoms with Crippen LogP contribution in [0.25, 0.3) is 5.57 Å². The lowest BCUT2D eigenvalue weighted by Crippen LogP contribution is -2.38. The van der Waals surface area contributed by atoms with Crippen molar-refractivity contribution in [2.24, 2.45) is 0 Å². The van der Waals surface area contributed by atoms with E-state index in [9.17, 15) is 9.00 Å². The Kier molecular flexibility index (Phi) is 7.90. The minimum Gasteiger partial charge on any atom is -0.492 e. The fourth-order valence-electron chi connectivity index (χ4n) is 5.49. The highest BCUT2D eigenvalue weighted by Crippen LogP contribution is 2.42. The maximum Gasteiger partial charge on any atom is 0.202 e. The number of ketones is 1. The molecular formula is C32H33NO5S. The normalized spacial score (nSPS) is 19.7. The summed E-state index contributed by atoms with van der Waals surface area (Å²) in [6.45, 7) is 4.85. The summed E-state index contributed by atoms with van der Waals surface area (Å²) in [7, 11) is -1.57. The van der Waals surface area contributed by atoms with E-state index in [1.54, 1.807) is 12.1 Å². The van der Waals surface area contributed by atoms with E-state index >= 15 is 0 Å². The molecule has 2 fully saturated rings. The number of morpholine rings is 1. The molecule has 6 rings (SSSR count). The molecule has 0 aromatic heterocycles. The molecule has 1 unspecified atom stereocenters. The third-order valence-electron chi connectivity index (χ3n) is 7.62. The Hall–Kier alpha value is -3.26. The topological polar surface area (TPSA) is 65.1 Å². The first-order valence-corrected chi connectivity index (χ1v) is 14.9. The van der Waals surface area contributed by atoms with Gasteiger partial charge in [0.25, 0.3) is 0 Å². The van der Waals surface area contributed by atoms with Gasteiger partial charge in [-0.1, -0.05) is 30.3 Å². The van der Waals surface area contributed by atoms with E-state index in [-0.39, 0.29) is 11.9 Å². The number of fused-ring (bicyclic) bond motifs is 1. The molecule has 6 nitrogen and oxygen atoms in total. The highest BCUT2D eigenvalue weighted by atomic mass is 32.2. The van der Waals surface area contributed by atoms with Crippen molar-refractivity contribution in [1.82, 2.24) is 4.90 Å². The molecule has 7 heteroatoms. The van der Waals surface area contributed by atoms with E-state index < -0.39 is 10.8 Å². The number of benzene rings is 3. The number of hydrogen-bond acceptors (Lipinski definition) is 6. The molecule has 0 radical (unpaired) electrons. The number of hydrogen-bond donors (Lipinski definition) is 0. The average Bonchev–Trinajstić information content (AvgIpc) is 3.60. The van der Waals surface area contributed by atoms with E-state index in [4.69, 9.17) is 14.2 Å². The molecule has 2 heterocycles. The molecule has 0 amide bonds. The van der Waals surface area contributed by atoms with Gasteiger partial charge in [0.2, 0.25) is 5.78 Å². The number of Topliss-reactive ketones (excluding diaryl/α,β-unsaturated/α-hetero) is 1. The molecule has 202 valence electrons. The largest absolute Gasteiger partial charge is 0.492 e. The predicted molar refractivity (Wildman–Crippen MR) is 152 cm³/mol. The minimum absolute atomic E-state index is 0.224. The molecule has 3 aromatic carbocycles. The summed E-state index contributed by atoms with van der Waals surface area (Å²) in [6, 6.07) is 22.6. The summed E-state index contributed by atoms with van der Waals surface area (Å²) < 4.78 is 31.1. The van der Waals surface area contributed by atoms with Gasteiger partial charge in [0, 0.05) is 36.3 Å². The van der Waals surface area contributed by atoms with Crippen LogP contribution in [-0.2, 0) is 15.5 Å². The van der Waals surface area contributed by atoms with Gasteiger partial charge in [-0.15, -0.1) is 0 Å². The molecule has 2 aliphatic heterocycles. The van der Waals surface area contributed by atoms with Crippen LogP contribution in [0, 0.1) is 0 Å². The standard InChI is InChI=1S/C32H33NO5S/c34-31(24-11-15-27(16-12-24)38-26-5-1-2-6-26)32-30(28-7-3-4-8-29(28)39(32)35)23-9-13-25(14-10-23)37-22-19-33-17-20-36-21-18-33/h3-4,7-16,26H,1-2,5-6,17-22H2. The van der Waals surface area contributed by atoms with Crippen molar-refractivity contribution < 1.29 is 23.2 Å². The van der Waals surface area contributed by atoms with Gasteiger partial charge in [-0.3, -0.25) is 9.69 Å². The maximum absolute atomic E-state index is 13.8. The van der Waals surface area contributed by atoms with E-state index in [0.29, 0.717) is 22.0 Å². The Morgan fingerprint density at radius 2 is 1.59 bits per heavy atom. The molecule has 3 aliphatic rings. The molecule has 0 spiro atoms. The molecule has 0 N–H and O–H groups in total. The van der Waals surface area contributed by atoms with Gasteiger partial charge < -0.3 is 14.2 Å². The molecule has 1 atom stereocenters. The first kappa shape index (κ1) is 26.0. The lowest BCUT2D eigenvalue weighted by atomic mass is 9.95. The first-order chi connectivity index (χ1) is 19.2. The van der Waals surface area contributed by atoms with Gasteiger partial charge in [0.1, 0.15) is 23.0 Å². The molecular weight excluding hydrogens is 510 g/mol. The van der Waals surface area contributed by atoms with Crippen LogP contribution in [0.3, 0.4) is 0 Å². The minimum atomic E-state index is -1.57. The van der Waals surface area contributed by atoms with Gasteiger partial charge in [-0.05, 0) is 73.7 Å². The Morgan fingerprint density at radius 3 is 2.33 bits per heavy atom. The van der Waals surface area contributed by atoms with E-state index in [1.165, 1.54) is 12.8 Å². The van der Waals surface area contributed by atoms with E-state index in [0.717, 1.165) is 73.9 Å². The fourth-order valence-corrected chi connectivity index (χ4v) is 6.99. The van der Waals surface area contributed by atoms with Crippen molar-refractivity contribution >= 4 is 22.2 Å². The lowest BCUT2D eigenvalue weighted by Gasteiger charge is -2.26. The smallest absolute Gasteiger partial charge is 0.202 e. The van der Waals surface area contributed by atoms with Crippen molar-refractivity contribution in [3.63, 3.8) is 0 Å². The zero-order valence-electron chi connectivity index (χ0n) is 22.0. The van der Waals surface area contributed by atoms with Crippen molar-refractivity contribution in [3.8, 4) is 11.5 Å². The number of ether oxygens (including phenoxy) is 3. The van der Waals surface area contributed by atoms with Crippen LogP contribution >= 0.6 is 0 Å². The summed E-state index contributed by atoms with van der Waals surface area (Å²) in [5, 5.41) is 0. The monoisotopic (exact) mass is 543 g/mol. The van der Waals surface area contributed by atoms with Crippen LogP contribution in [0.15, 0.2) is 82.6 Å². The summed E-state index contributed by atoms with van der Waals surface area (Å²) in [5.41, 5.74) is 2.91. The van der Waals surface area contributed by atoms with Crippen molar-refractivity contribution in [3.05, 3.63) is 94.4 Å². The van der Waals surface area contributed by atoms with Crippen molar-refractivity contribution in [2.45, 2.75) is 36.7 Å². The SMILES string of the molecule is O=C(C1=C(c2ccc(OCCN3CCOCC3)cc2)c2ccccc2S1=O)c1ccc(OC2CCCC2)cc1. The van der Waals surface area contributed by atoms with Crippen LogP contribution in [0.4, 0.5) is 0 Å². The number of rotatable bonds is 9. The van der Waals surface area contributed by atoms with Gasteiger partial charge in [-0.25, -0.2) is 4.21 Å². The first-order valence-electron chi connectivity index (χ1n) is 13.8. The Balaban J connectivity index is 1.23. The molecule has 0 bridgehead atoms. The summed E-state index contributed by atoms with van der Waals surface area (Å²) in [4.78, 5) is 17.1. The van der Waals surface area contributed by atoms with Gasteiger partial charge in [0.15, 0.2) is 0 Å². The van der Waals surface area contributed by atoms with Crippen LogP contribution in [0.1, 0.15) is 47.2 Å². The Labute approximate surface area is 232 Å². The highest BCUT2D eigenvalue weighted by molar-refractivity contribution is 7.90. The van der Waals surface area contributed by atoms with Crippen LogP contribution in [0.5, 0.6) is 11.5 Å². The number of carbonyl (C=O) groups excluding carboxylic acids is 1. The molecule has 1 saturated heterocycles. The zero-order chi connectivity index (χ0) is 26.6. The van der Waals surface area contributed by atoms with Crippen molar-refractivity contribution in [1.29, 1.82) is 0 Å². The summed E-state index contributed by atoms with van der Waals surface area (Å²) in [6.07, 6.45) is 4.81. The third-order valence-corrected chi connectivity index (χ3v) is 9.13. The van der Waals surface area contributed by atoms with Crippen LogP contribution in [-0.4, -0.2) is 60.5 Å². The molecule has 3 aromatic rings. The maximum atomic E-state index is 13.8. The third kappa shape index (κ3) is 5.71.